The van der Waals surface area contributed by atoms with Crippen LogP contribution in [0.25, 0.3) is 0 Å². The van der Waals surface area contributed by atoms with E-state index < -0.39 is 0 Å². The Bertz CT molecular complexity index is 959. The number of piperidine rings is 1. The van der Waals surface area contributed by atoms with Crippen molar-refractivity contribution in [1.29, 1.82) is 0 Å². The molecule has 3 aliphatic rings. The Labute approximate surface area is 187 Å². The van der Waals surface area contributed by atoms with E-state index in [2.05, 4.69) is 33.8 Å². The fourth-order valence-electron chi connectivity index (χ4n) is 4.84. The number of aromatic nitrogens is 1. The molecule has 31 heavy (non-hydrogen) atoms. The van der Waals surface area contributed by atoms with Crippen LogP contribution in [-0.4, -0.2) is 52.0 Å². The molecule has 3 heterocycles. The molecular weight excluding hydrogens is 406 g/mol. The van der Waals surface area contributed by atoms with E-state index in [4.69, 9.17) is 4.99 Å². The van der Waals surface area contributed by atoms with Crippen molar-refractivity contribution in [3.63, 3.8) is 0 Å². The minimum atomic E-state index is -0.371. The number of thioether (sulfide) groups is 1. The number of carbonyl (C=O) groups excluding carboxylic acids is 1. The van der Waals surface area contributed by atoms with E-state index in [-0.39, 0.29) is 11.4 Å². The zero-order valence-electron chi connectivity index (χ0n) is 17.7. The molecule has 162 valence electrons. The summed E-state index contributed by atoms with van der Waals surface area (Å²) in [4.78, 5) is 25.9. The monoisotopic (exact) mass is 435 g/mol. The van der Waals surface area contributed by atoms with Gasteiger partial charge < -0.3 is 15.5 Å². The number of fused-ring (bicyclic) bond motifs is 1. The summed E-state index contributed by atoms with van der Waals surface area (Å²) in [6.45, 7) is 1.43. The smallest absolute Gasteiger partial charge is 0.233 e. The molecule has 1 aromatic heterocycles. The highest BCUT2D eigenvalue weighted by Gasteiger charge is 2.45. The van der Waals surface area contributed by atoms with E-state index in [1.54, 1.807) is 18.0 Å². The third-order valence-electron chi connectivity index (χ3n) is 6.46. The molecule has 2 aliphatic heterocycles. The first-order chi connectivity index (χ1) is 15.2. The molecule has 1 saturated carbocycles. The quantitative estimate of drug-likeness (QED) is 0.696. The lowest BCUT2D eigenvalue weighted by Crippen LogP contribution is -2.63. The maximum absolute atomic E-state index is 13.1. The van der Waals surface area contributed by atoms with Gasteiger partial charge in [0.1, 0.15) is 11.4 Å². The van der Waals surface area contributed by atoms with Crippen LogP contribution < -0.4 is 10.6 Å². The normalized spacial score (nSPS) is 24.6. The molecule has 0 radical (unpaired) electrons. The van der Waals surface area contributed by atoms with Crippen LogP contribution in [0, 0.1) is 0 Å². The topological polar surface area (TPSA) is 69.6 Å². The molecule has 1 atom stereocenters. The maximum atomic E-state index is 13.1. The molecule has 1 aliphatic carbocycles. The van der Waals surface area contributed by atoms with Crippen molar-refractivity contribution < 1.29 is 4.79 Å². The predicted octanol–water partition coefficient (Wildman–Crippen LogP) is 4.41. The summed E-state index contributed by atoms with van der Waals surface area (Å²) in [5.41, 5.74) is 0.616. The fraction of sp³-hybridized carbons (Fsp3) is 0.458. The second-order valence-corrected chi connectivity index (χ2v) is 9.72. The minimum Gasteiger partial charge on any atom is -0.368 e. The SMILES string of the molecule is O=C(CSc1ccccc1)N1CCCC2(C1)Nc1cccnc1NC2=NC1CCCC1. The first kappa shape index (κ1) is 20.4. The zero-order valence-corrected chi connectivity index (χ0v) is 18.5. The zero-order chi connectivity index (χ0) is 21.1. The molecule has 7 heteroatoms. The van der Waals surface area contributed by atoms with E-state index in [9.17, 15) is 4.79 Å². The summed E-state index contributed by atoms with van der Waals surface area (Å²) in [7, 11) is 0. The Kier molecular flexibility index (Phi) is 5.85. The average Bonchev–Trinajstić information content (AvgIpc) is 3.32. The van der Waals surface area contributed by atoms with Crippen LogP contribution in [0.1, 0.15) is 38.5 Å². The van der Waals surface area contributed by atoms with Gasteiger partial charge >= 0.3 is 0 Å². The summed E-state index contributed by atoms with van der Waals surface area (Å²) >= 11 is 1.61. The van der Waals surface area contributed by atoms with Gasteiger partial charge in [0.15, 0.2) is 5.82 Å². The van der Waals surface area contributed by atoms with Crippen LogP contribution >= 0.6 is 11.8 Å². The van der Waals surface area contributed by atoms with Gasteiger partial charge in [-0.05, 0) is 49.9 Å². The number of pyridine rings is 1. The number of carbonyl (C=O) groups is 1. The molecule has 5 rings (SSSR count). The summed E-state index contributed by atoms with van der Waals surface area (Å²) < 4.78 is 0. The van der Waals surface area contributed by atoms with Gasteiger partial charge in [0.25, 0.3) is 0 Å². The van der Waals surface area contributed by atoms with E-state index in [1.165, 1.54) is 12.8 Å². The van der Waals surface area contributed by atoms with Crippen molar-refractivity contribution in [1.82, 2.24) is 9.88 Å². The molecule has 1 amide bonds. The molecule has 2 N–H and O–H groups in total. The first-order valence-electron chi connectivity index (χ1n) is 11.3. The van der Waals surface area contributed by atoms with Crippen molar-refractivity contribution in [2.75, 3.05) is 29.5 Å². The van der Waals surface area contributed by atoms with E-state index in [0.717, 1.165) is 54.5 Å². The van der Waals surface area contributed by atoms with Crippen molar-refractivity contribution in [3.8, 4) is 0 Å². The Morgan fingerprint density at radius 2 is 2.00 bits per heavy atom. The van der Waals surface area contributed by atoms with E-state index in [1.807, 2.05) is 29.2 Å². The second kappa shape index (κ2) is 8.91. The van der Waals surface area contributed by atoms with Crippen LogP contribution in [0.3, 0.4) is 0 Å². The van der Waals surface area contributed by atoms with Crippen LogP contribution in [0.2, 0.25) is 0 Å². The Morgan fingerprint density at radius 1 is 1.16 bits per heavy atom. The van der Waals surface area contributed by atoms with Crippen molar-refractivity contribution in [3.05, 3.63) is 48.7 Å². The van der Waals surface area contributed by atoms with Crippen LogP contribution in [0.15, 0.2) is 58.5 Å². The van der Waals surface area contributed by atoms with Gasteiger partial charge in [0.2, 0.25) is 5.91 Å². The highest BCUT2D eigenvalue weighted by atomic mass is 32.2. The van der Waals surface area contributed by atoms with Gasteiger partial charge in [-0.3, -0.25) is 9.79 Å². The van der Waals surface area contributed by atoms with E-state index in [0.29, 0.717) is 18.3 Å². The third-order valence-corrected chi connectivity index (χ3v) is 7.46. The van der Waals surface area contributed by atoms with Crippen LogP contribution in [0.5, 0.6) is 0 Å². The largest absolute Gasteiger partial charge is 0.368 e. The van der Waals surface area contributed by atoms with Gasteiger partial charge in [0, 0.05) is 17.6 Å². The highest BCUT2D eigenvalue weighted by Crippen LogP contribution is 2.36. The van der Waals surface area contributed by atoms with E-state index >= 15 is 0 Å². The van der Waals surface area contributed by atoms with Gasteiger partial charge in [-0.25, -0.2) is 4.98 Å². The van der Waals surface area contributed by atoms with Crippen molar-refractivity contribution in [2.45, 2.75) is 55.0 Å². The molecule has 1 aromatic carbocycles. The van der Waals surface area contributed by atoms with Gasteiger partial charge in [0.05, 0.1) is 24.0 Å². The molecule has 2 aromatic rings. The van der Waals surface area contributed by atoms with Gasteiger partial charge in [-0.15, -0.1) is 11.8 Å². The second-order valence-electron chi connectivity index (χ2n) is 8.67. The van der Waals surface area contributed by atoms with Crippen LogP contribution in [-0.2, 0) is 4.79 Å². The van der Waals surface area contributed by atoms with Gasteiger partial charge in [-0.2, -0.15) is 0 Å². The van der Waals surface area contributed by atoms with Crippen LogP contribution in [0.4, 0.5) is 11.5 Å². The number of nitrogens with zero attached hydrogens (tertiary/aromatic N) is 3. The number of aliphatic imine (C=N–C) groups is 1. The molecule has 1 unspecified atom stereocenters. The standard InChI is InChI=1S/C24H29N5OS/c30-21(16-31-19-10-2-1-3-11-19)29-15-7-13-24(17-29)23(26-18-8-4-5-9-18)27-22-20(28-24)12-6-14-25-22/h1-3,6,10-12,14,18,28H,4-5,7-9,13,15-17H2,(H,25,26,27). The summed E-state index contributed by atoms with van der Waals surface area (Å²) in [6.07, 6.45) is 8.50. The summed E-state index contributed by atoms with van der Waals surface area (Å²) in [5, 5.41) is 7.27. The number of amides is 1. The van der Waals surface area contributed by atoms with Gasteiger partial charge in [-0.1, -0.05) is 31.0 Å². The number of rotatable bonds is 4. The number of hydrogen-bond donors (Lipinski definition) is 2. The maximum Gasteiger partial charge on any atom is 0.233 e. The summed E-state index contributed by atoms with van der Waals surface area (Å²) in [6, 6.07) is 14.5. The molecule has 6 nitrogen and oxygen atoms in total. The fourth-order valence-corrected chi connectivity index (χ4v) is 5.67. The Balaban J connectivity index is 1.37. The number of hydrogen-bond acceptors (Lipinski definition) is 5. The Hall–Kier alpha value is -2.54. The third kappa shape index (κ3) is 4.42. The molecule has 1 spiro atoms. The molecule has 1 saturated heterocycles. The number of amidine groups is 1. The lowest BCUT2D eigenvalue weighted by atomic mass is 9.85. The van der Waals surface area contributed by atoms with Crippen molar-refractivity contribution >= 4 is 35.0 Å². The Morgan fingerprint density at radius 3 is 2.84 bits per heavy atom. The number of likely N-dealkylation sites (tertiary alicyclic amines) is 1. The molecule has 2 fully saturated rings. The van der Waals surface area contributed by atoms with Crippen molar-refractivity contribution in [2.24, 2.45) is 4.99 Å². The first-order valence-corrected chi connectivity index (χ1v) is 12.2. The molecular formula is C24H29N5OS. The molecule has 0 bridgehead atoms. The predicted molar refractivity (Wildman–Crippen MR) is 127 cm³/mol. The lowest BCUT2D eigenvalue weighted by Gasteiger charge is -2.47. The number of nitrogens with one attached hydrogen (secondary N) is 2. The minimum absolute atomic E-state index is 0.187. The average molecular weight is 436 g/mol. The number of benzene rings is 1. The lowest BCUT2D eigenvalue weighted by molar-refractivity contribution is -0.129. The highest BCUT2D eigenvalue weighted by molar-refractivity contribution is 8.00. The number of anilines is 2. The summed E-state index contributed by atoms with van der Waals surface area (Å²) in [5.74, 6) is 2.43.